The summed E-state index contributed by atoms with van der Waals surface area (Å²) in [6.45, 7) is 12.2. The molecule has 110 valence electrons. The normalized spacial score (nSPS) is 12.1. The summed E-state index contributed by atoms with van der Waals surface area (Å²) in [6, 6.07) is 0. The summed E-state index contributed by atoms with van der Waals surface area (Å²) in [4.78, 5) is 13.3. The van der Waals surface area contributed by atoms with E-state index in [1.165, 1.54) is 4.90 Å². The Morgan fingerprint density at radius 1 is 1.17 bits per heavy atom. The van der Waals surface area contributed by atoms with Crippen molar-refractivity contribution in [3.8, 4) is 0 Å². The third-order valence-corrected chi connectivity index (χ3v) is 3.43. The highest BCUT2D eigenvalue weighted by atomic mass is 35.5. The Morgan fingerprint density at radius 2 is 1.78 bits per heavy atom. The molecule has 0 heterocycles. The van der Waals surface area contributed by atoms with Crippen molar-refractivity contribution in [1.29, 1.82) is 0 Å². The maximum Gasteiger partial charge on any atom is 0.309 e. The highest BCUT2D eigenvalue weighted by Gasteiger charge is 2.17. The lowest BCUT2D eigenvalue weighted by Crippen LogP contribution is -3.11. The van der Waals surface area contributed by atoms with Gasteiger partial charge in [0.05, 0.1) is 19.0 Å². The quantitative estimate of drug-likeness (QED) is 0.503. The zero-order valence-electron chi connectivity index (χ0n) is 12.4. The van der Waals surface area contributed by atoms with Crippen molar-refractivity contribution >= 4 is 5.97 Å². The molecule has 0 aliphatic heterocycles. The molecular weight excluding hydrogens is 250 g/mol. The SMILES string of the molecule is CCCCC(CC)C(=O)OCC[NH+](CC)CC.[Cl-]. The van der Waals surface area contributed by atoms with E-state index in [4.69, 9.17) is 4.74 Å². The van der Waals surface area contributed by atoms with Crippen LogP contribution in [-0.2, 0) is 9.53 Å². The van der Waals surface area contributed by atoms with Gasteiger partial charge in [-0.05, 0) is 26.7 Å². The summed E-state index contributed by atoms with van der Waals surface area (Å²) in [6.07, 6.45) is 4.14. The number of nitrogens with one attached hydrogen (secondary N) is 1. The standard InChI is InChI=1S/C14H29NO2.ClH/c1-5-9-10-13(6-2)14(16)17-12-11-15(7-3)8-4;/h13H,5-12H2,1-4H3;1H. The van der Waals surface area contributed by atoms with E-state index in [-0.39, 0.29) is 24.3 Å². The fourth-order valence-electron chi connectivity index (χ4n) is 1.96. The van der Waals surface area contributed by atoms with Crippen LogP contribution in [0.5, 0.6) is 0 Å². The lowest BCUT2D eigenvalue weighted by Gasteiger charge is -2.17. The predicted molar refractivity (Wildman–Crippen MR) is 71.2 cm³/mol. The Bertz CT molecular complexity index is 196. The fourth-order valence-corrected chi connectivity index (χ4v) is 1.96. The van der Waals surface area contributed by atoms with Crippen molar-refractivity contribution in [3.63, 3.8) is 0 Å². The Labute approximate surface area is 119 Å². The van der Waals surface area contributed by atoms with Gasteiger partial charge >= 0.3 is 5.97 Å². The largest absolute Gasteiger partial charge is 1.00 e. The highest BCUT2D eigenvalue weighted by molar-refractivity contribution is 5.72. The summed E-state index contributed by atoms with van der Waals surface area (Å²) in [5.74, 6) is 0.120. The van der Waals surface area contributed by atoms with Gasteiger partial charge in [-0.15, -0.1) is 0 Å². The predicted octanol–water partition coefficient (Wildman–Crippen LogP) is -1.33. The highest BCUT2D eigenvalue weighted by Crippen LogP contribution is 2.13. The van der Waals surface area contributed by atoms with Crippen molar-refractivity contribution in [3.05, 3.63) is 0 Å². The molecule has 18 heavy (non-hydrogen) atoms. The van der Waals surface area contributed by atoms with E-state index in [9.17, 15) is 4.79 Å². The van der Waals surface area contributed by atoms with Crippen molar-refractivity contribution in [2.45, 2.75) is 53.4 Å². The molecule has 1 N–H and O–H groups in total. The molecule has 0 saturated heterocycles. The molecule has 1 unspecified atom stereocenters. The number of halogens is 1. The summed E-state index contributed by atoms with van der Waals surface area (Å²) in [5, 5.41) is 0. The number of esters is 1. The molecule has 0 aliphatic carbocycles. The molecule has 0 fully saturated rings. The topological polar surface area (TPSA) is 30.7 Å². The number of carbonyl (C=O) groups excluding carboxylic acids is 1. The van der Waals surface area contributed by atoms with E-state index >= 15 is 0 Å². The van der Waals surface area contributed by atoms with Crippen molar-refractivity contribution < 1.29 is 26.8 Å². The van der Waals surface area contributed by atoms with Crippen molar-refractivity contribution in [1.82, 2.24) is 0 Å². The van der Waals surface area contributed by atoms with Crippen LogP contribution in [0.25, 0.3) is 0 Å². The third kappa shape index (κ3) is 8.76. The molecule has 0 aromatic heterocycles. The second kappa shape index (κ2) is 13.2. The Balaban J connectivity index is 0. The molecule has 3 nitrogen and oxygen atoms in total. The van der Waals surface area contributed by atoms with Crippen LogP contribution in [-0.4, -0.2) is 32.2 Å². The minimum atomic E-state index is 0. The lowest BCUT2D eigenvalue weighted by atomic mass is 10.00. The zero-order valence-corrected chi connectivity index (χ0v) is 13.2. The molecule has 0 saturated carbocycles. The van der Waals surface area contributed by atoms with Gasteiger partial charge in [0.15, 0.2) is 0 Å². The second-order valence-electron chi connectivity index (χ2n) is 4.62. The van der Waals surface area contributed by atoms with Crippen LogP contribution in [0.1, 0.15) is 53.4 Å². The van der Waals surface area contributed by atoms with Crippen LogP contribution in [0.15, 0.2) is 0 Å². The van der Waals surface area contributed by atoms with Gasteiger partial charge in [0.2, 0.25) is 0 Å². The van der Waals surface area contributed by atoms with Crippen LogP contribution in [0.4, 0.5) is 0 Å². The maximum absolute atomic E-state index is 11.8. The third-order valence-electron chi connectivity index (χ3n) is 3.43. The first kappa shape index (κ1) is 20.0. The average molecular weight is 280 g/mol. The smallest absolute Gasteiger partial charge is 0.309 e. The van der Waals surface area contributed by atoms with Crippen LogP contribution in [0.3, 0.4) is 0 Å². The monoisotopic (exact) mass is 279 g/mol. The fraction of sp³-hybridized carbons (Fsp3) is 0.929. The number of carbonyl (C=O) groups is 1. The molecule has 4 heteroatoms. The number of unbranched alkanes of at least 4 members (excludes halogenated alkanes) is 1. The molecule has 0 spiro atoms. The molecular formula is C14H30ClNO2. The number of likely N-dealkylation sites (N-methyl/N-ethyl adjacent to an activating group) is 1. The van der Waals surface area contributed by atoms with Crippen molar-refractivity contribution in [2.24, 2.45) is 5.92 Å². The molecule has 0 aromatic carbocycles. The maximum atomic E-state index is 11.8. The summed E-state index contributed by atoms with van der Waals surface area (Å²) in [7, 11) is 0. The van der Waals surface area contributed by atoms with E-state index in [1.54, 1.807) is 0 Å². The van der Waals surface area contributed by atoms with Crippen LogP contribution >= 0.6 is 0 Å². The number of hydrogen-bond acceptors (Lipinski definition) is 2. The zero-order chi connectivity index (χ0) is 13.1. The first-order valence-electron chi connectivity index (χ1n) is 7.19. The summed E-state index contributed by atoms with van der Waals surface area (Å²) in [5.41, 5.74) is 0. The van der Waals surface area contributed by atoms with Gasteiger partial charge in [0.1, 0.15) is 13.2 Å². The Morgan fingerprint density at radius 3 is 2.22 bits per heavy atom. The second-order valence-corrected chi connectivity index (χ2v) is 4.62. The average Bonchev–Trinajstić information content (AvgIpc) is 2.35. The van der Waals surface area contributed by atoms with E-state index < -0.39 is 0 Å². The van der Waals surface area contributed by atoms with Gasteiger partial charge in [0.25, 0.3) is 0 Å². The molecule has 0 amide bonds. The van der Waals surface area contributed by atoms with Crippen molar-refractivity contribution in [2.75, 3.05) is 26.2 Å². The van der Waals surface area contributed by atoms with E-state index in [0.29, 0.717) is 6.61 Å². The van der Waals surface area contributed by atoms with Gasteiger partial charge in [0, 0.05) is 0 Å². The Hall–Kier alpha value is -0.280. The Kier molecular flexibility index (Phi) is 14.7. The van der Waals surface area contributed by atoms with E-state index in [2.05, 4.69) is 27.7 Å². The summed E-state index contributed by atoms with van der Waals surface area (Å²) >= 11 is 0. The van der Waals surface area contributed by atoms with Gasteiger partial charge in [-0.2, -0.15) is 0 Å². The molecule has 0 aliphatic rings. The molecule has 0 bridgehead atoms. The number of rotatable bonds is 10. The molecule has 0 radical (unpaired) electrons. The molecule has 0 rings (SSSR count). The van der Waals surface area contributed by atoms with Gasteiger partial charge in [-0.25, -0.2) is 0 Å². The number of hydrogen-bond donors (Lipinski definition) is 1. The molecule has 0 aromatic rings. The number of ether oxygens (including phenoxy) is 1. The van der Waals surface area contributed by atoms with Gasteiger partial charge in [-0.3, -0.25) is 4.79 Å². The van der Waals surface area contributed by atoms with Crippen LogP contribution in [0, 0.1) is 5.92 Å². The van der Waals surface area contributed by atoms with E-state index in [1.807, 2.05) is 0 Å². The summed E-state index contributed by atoms with van der Waals surface area (Å²) < 4.78 is 5.37. The van der Waals surface area contributed by atoms with E-state index in [0.717, 1.165) is 45.3 Å². The van der Waals surface area contributed by atoms with Gasteiger partial charge in [-0.1, -0.05) is 26.7 Å². The van der Waals surface area contributed by atoms with Crippen LogP contribution < -0.4 is 17.3 Å². The minimum Gasteiger partial charge on any atom is -1.00 e. The van der Waals surface area contributed by atoms with Gasteiger partial charge < -0.3 is 22.0 Å². The van der Waals surface area contributed by atoms with Crippen LogP contribution in [0.2, 0.25) is 0 Å². The molecule has 1 atom stereocenters. The first-order chi connectivity index (χ1) is 8.19. The minimum absolute atomic E-state index is 0. The lowest BCUT2D eigenvalue weighted by molar-refractivity contribution is -0.896. The number of quaternary nitrogens is 1. The first-order valence-corrected chi connectivity index (χ1v) is 7.19.